The molecule has 0 radical (unpaired) electrons. The van der Waals surface area contributed by atoms with Crippen molar-refractivity contribution in [3.05, 3.63) is 137 Å². The van der Waals surface area contributed by atoms with Crippen LogP contribution in [0, 0.1) is 11.6 Å². The fourth-order valence-electron chi connectivity index (χ4n) is 4.73. The summed E-state index contributed by atoms with van der Waals surface area (Å²) in [6.45, 7) is -0.457. The first kappa shape index (κ1) is 35.6. The summed E-state index contributed by atoms with van der Waals surface area (Å²) in [5.74, 6) is -5.28. The minimum Gasteiger partial charge on any atom is -0.445 e. The predicted octanol–water partition coefficient (Wildman–Crippen LogP) is 7.66. The molecular formula is C33H25F9N2O4. The van der Waals surface area contributed by atoms with Crippen LogP contribution in [0.1, 0.15) is 22.3 Å². The molecule has 15 heteroatoms. The number of alkyl carbamates (subject to hydrolysis) is 1. The van der Waals surface area contributed by atoms with Crippen molar-refractivity contribution in [3.8, 4) is 5.75 Å². The van der Waals surface area contributed by atoms with E-state index < -0.39 is 78.3 Å². The molecule has 0 saturated heterocycles. The van der Waals surface area contributed by atoms with Crippen LogP contribution in [0.25, 0.3) is 0 Å². The normalized spacial score (nSPS) is 13.7. The Balaban J connectivity index is 1.83. The van der Waals surface area contributed by atoms with Crippen molar-refractivity contribution in [2.75, 3.05) is 0 Å². The number of alkyl halides is 7. The average molecular weight is 685 g/mol. The lowest BCUT2D eigenvalue weighted by molar-refractivity contribution is -0.253. The summed E-state index contributed by atoms with van der Waals surface area (Å²) in [6.07, 6.45) is -17.1. The third-order valence-electron chi connectivity index (χ3n) is 6.92. The number of hydrogen-bond acceptors (Lipinski definition) is 4. The summed E-state index contributed by atoms with van der Waals surface area (Å²) in [4.78, 5) is 26.0. The monoisotopic (exact) mass is 684 g/mol. The van der Waals surface area contributed by atoms with Crippen LogP contribution in [0.4, 0.5) is 44.3 Å². The molecule has 1 unspecified atom stereocenters. The number of benzene rings is 4. The first-order valence-corrected chi connectivity index (χ1v) is 13.9. The van der Waals surface area contributed by atoms with Gasteiger partial charge in [-0.15, -0.1) is 0 Å². The molecule has 0 aliphatic heterocycles. The molecule has 0 fully saturated rings. The van der Waals surface area contributed by atoms with E-state index in [1.54, 1.807) is 24.3 Å². The highest BCUT2D eigenvalue weighted by Crippen LogP contribution is 2.38. The van der Waals surface area contributed by atoms with Crippen LogP contribution in [-0.4, -0.2) is 36.8 Å². The van der Waals surface area contributed by atoms with Gasteiger partial charge in [0.15, 0.2) is 0 Å². The molecule has 0 spiro atoms. The van der Waals surface area contributed by atoms with E-state index >= 15 is 0 Å². The number of hydrogen-bond donors (Lipinski definition) is 2. The average Bonchev–Trinajstić information content (AvgIpc) is 3.02. The smallest absolute Gasteiger partial charge is 0.445 e. The first-order valence-electron chi connectivity index (χ1n) is 13.9. The Hall–Kier alpha value is -5.21. The van der Waals surface area contributed by atoms with E-state index in [0.717, 1.165) is 24.3 Å². The van der Waals surface area contributed by atoms with Gasteiger partial charge in [0.05, 0.1) is 5.54 Å². The largest absolute Gasteiger partial charge is 0.461 e. The van der Waals surface area contributed by atoms with E-state index in [-0.39, 0.29) is 11.1 Å². The predicted molar refractivity (Wildman–Crippen MR) is 153 cm³/mol. The minimum absolute atomic E-state index is 0.189. The van der Waals surface area contributed by atoms with Gasteiger partial charge in [0, 0.05) is 12.5 Å². The summed E-state index contributed by atoms with van der Waals surface area (Å²) >= 11 is 0. The van der Waals surface area contributed by atoms with Gasteiger partial charge in [0.2, 0.25) is 6.04 Å². The second kappa shape index (κ2) is 14.7. The Bertz CT molecular complexity index is 1690. The van der Waals surface area contributed by atoms with Crippen LogP contribution in [0.3, 0.4) is 0 Å². The molecule has 4 aromatic carbocycles. The van der Waals surface area contributed by atoms with Crippen LogP contribution < -0.4 is 15.4 Å². The number of carbonyl (C=O) groups is 2. The molecule has 2 amide bonds. The van der Waals surface area contributed by atoms with Crippen molar-refractivity contribution >= 4 is 12.0 Å². The molecule has 6 nitrogen and oxygen atoms in total. The van der Waals surface area contributed by atoms with E-state index in [4.69, 9.17) is 4.74 Å². The summed E-state index contributed by atoms with van der Waals surface area (Å²) in [5, 5.41) is 3.60. The quantitative estimate of drug-likeness (QED) is 0.150. The number of ether oxygens (including phenoxy) is 2. The highest BCUT2D eigenvalue weighted by Gasteiger charge is 2.50. The van der Waals surface area contributed by atoms with Crippen molar-refractivity contribution in [1.82, 2.24) is 10.6 Å². The second-order valence-corrected chi connectivity index (χ2v) is 10.4. The molecule has 4 aromatic rings. The van der Waals surface area contributed by atoms with Crippen molar-refractivity contribution in [1.29, 1.82) is 0 Å². The molecule has 254 valence electrons. The van der Waals surface area contributed by atoms with Crippen LogP contribution in [0.15, 0.2) is 103 Å². The SMILES string of the molecule is O=C(NC(C(=O)N[C@](Cc1ccccc1)(c1ccc(F)cc1)c1cc(F)cc(OC(F)(F)C(F)F)c1)C(F)(F)F)OCc1ccccc1. The summed E-state index contributed by atoms with van der Waals surface area (Å²) in [6, 6.07) is 17.5. The Labute approximate surface area is 267 Å². The third-order valence-corrected chi connectivity index (χ3v) is 6.92. The fourth-order valence-corrected chi connectivity index (χ4v) is 4.73. The Morgan fingerprint density at radius 3 is 1.85 bits per heavy atom. The second-order valence-electron chi connectivity index (χ2n) is 10.4. The molecular weight excluding hydrogens is 659 g/mol. The zero-order valence-electron chi connectivity index (χ0n) is 24.4. The van der Waals surface area contributed by atoms with E-state index in [9.17, 15) is 49.1 Å². The minimum atomic E-state index is -5.45. The maximum Gasteiger partial charge on any atom is 0.461 e. The maximum absolute atomic E-state index is 15.0. The number of amides is 2. The molecule has 0 saturated carbocycles. The van der Waals surface area contributed by atoms with E-state index in [1.807, 2.05) is 0 Å². The zero-order valence-corrected chi connectivity index (χ0v) is 24.4. The highest BCUT2D eigenvalue weighted by atomic mass is 19.4. The molecule has 0 aliphatic rings. The zero-order chi connectivity index (χ0) is 35.1. The molecule has 0 heterocycles. The standard InChI is InChI=1S/C33H25F9N2O4/c34-24-13-11-22(12-14-24)31(18-20-7-3-1-4-8-20,23-15-25(35)17-26(16-23)48-33(41,42)29(36)37)44-28(45)27(32(38,39)40)43-30(46)47-19-21-9-5-2-6-10-21/h1-17,27,29H,18-19H2,(H,43,46)(H,44,45)/t27?,31-/m1/s1. The van der Waals surface area contributed by atoms with Gasteiger partial charge in [-0.05, 0) is 46.5 Å². The van der Waals surface area contributed by atoms with Crippen LogP contribution in [0.2, 0.25) is 0 Å². The molecule has 0 aromatic heterocycles. The van der Waals surface area contributed by atoms with Crippen molar-refractivity contribution in [2.24, 2.45) is 0 Å². The summed E-state index contributed by atoms with van der Waals surface area (Å²) in [5.41, 5.74) is -2.40. The van der Waals surface area contributed by atoms with Crippen LogP contribution >= 0.6 is 0 Å². The van der Waals surface area contributed by atoms with Gasteiger partial charge in [0.25, 0.3) is 5.91 Å². The van der Waals surface area contributed by atoms with Crippen molar-refractivity contribution in [2.45, 2.75) is 43.3 Å². The first-order chi connectivity index (χ1) is 22.6. The molecule has 2 N–H and O–H groups in total. The lowest BCUT2D eigenvalue weighted by Crippen LogP contribution is -2.60. The van der Waals surface area contributed by atoms with E-state index in [1.165, 1.54) is 41.7 Å². The molecule has 0 bridgehead atoms. The molecule has 4 rings (SSSR count). The lowest BCUT2D eigenvalue weighted by atomic mass is 9.77. The van der Waals surface area contributed by atoms with Gasteiger partial charge in [-0.2, -0.15) is 30.7 Å². The summed E-state index contributed by atoms with van der Waals surface area (Å²) in [7, 11) is 0. The van der Waals surface area contributed by atoms with Gasteiger partial charge in [-0.1, -0.05) is 72.8 Å². The van der Waals surface area contributed by atoms with E-state index in [2.05, 4.69) is 10.1 Å². The van der Waals surface area contributed by atoms with Crippen LogP contribution in [0.5, 0.6) is 5.75 Å². The topological polar surface area (TPSA) is 76.7 Å². The summed E-state index contributed by atoms with van der Waals surface area (Å²) < 4.78 is 135. The number of halogens is 9. The van der Waals surface area contributed by atoms with Gasteiger partial charge >= 0.3 is 24.8 Å². The molecule has 48 heavy (non-hydrogen) atoms. The van der Waals surface area contributed by atoms with E-state index in [0.29, 0.717) is 23.8 Å². The van der Waals surface area contributed by atoms with Gasteiger partial charge in [0.1, 0.15) is 24.0 Å². The van der Waals surface area contributed by atoms with Gasteiger partial charge in [-0.3, -0.25) is 4.79 Å². The Morgan fingerprint density at radius 2 is 1.29 bits per heavy atom. The third kappa shape index (κ3) is 8.98. The van der Waals surface area contributed by atoms with Crippen molar-refractivity contribution < 1.29 is 58.6 Å². The van der Waals surface area contributed by atoms with Gasteiger partial charge in [-0.25, -0.2) is 13.6 Å². The number of carbonyl (C=O) groups excluding carboxylic acids is 2. The van der Waals surface area contributed by atoms with Crippen molar-refractivity contribution in [3.63, 3.8) is 0 Å². The lowest BCUT2D eigenvalue weighted by Gasteiger charge is -2.38. The van der Waals surface area contributed by atoms with Gasteiger partial charge < -0.3 is 20.1 Å². The number of rotatable bonds is 12. The molecule has 2 atom stereocenters. The Kier molecular flexibility index (Phi) is 10.9. The molecule has 0 aliphatic carbocycles. The fraction of sp³-hybridized carbons (Fsp3) is 0.212. The highest BCUT2D eigenvalue weighted by molar-refractivity contribution is 5.87. The number of nitrogens with one attached hydrogen (secondary N) is 2. The Morgan fingerprint density at radius 1 is 0.708 bits per heavy atom. The maximum atomic E-state index is 15.0. The van der Waals surface area contributed by atoms with Crippen LogP contribution in [-0.2, 0) is 28.1 Å².